The first-order valence-corrected chi connectivity index (χ1v) is 10.8. The second kappa shape index (κ2) is 9.75. The number of halogens is 1. The molecule has 0 spiro atoms. The van der Waals surface area contributed by atoms with E-state index in [1.54, 1.807) is 0 Å². The molecule has 0 amide bonds. The van der Waals surface area contributed by atoms with Crippen LogP contribution in [0.2, 0.25) is 0 Å². The SMILES string of the molecule is CC1=CC(c2ccnc(OCCCCC3CCN(C)CC3)c2C)C(Cl)C=C1. The number of likely N-dealkylation sites (tertiary alicyclic amines) is 1. The normalized spacial score (nSPS) is 24.1. The van der Waals surface area contributed by atoms with Crippen LogP contribution in [0, 0.1) is 12.8 Å². The molecule has 2 unspecified atom stereocenters. The quantitative estimate of drug-likeness (QED) is 0.456. The van der Waals surface area contributed by atoms with Gasteiger partial charge in [0.05, 0.1) is 12.0 Å². The van der Waals surface area contributed by atoms with Crippen molar-refractivity contribution in [3.05, 3.63) is 47.2 Å². The van der Waals surface area contributed by atoms with Crippen LogP contribution in [-0.2, 0) is 0 Å². The van der Waals surface area contributed by atoms with Crippen LogP contribution < -0.4 is 4.74 Å². The lowest BCUT2D eigenvalue weighted by molar-refractivity contribution is 0.205. The summed E-state index contributed by atoms with van der Waals surface area (Å²) in [6, 6.07) is 2.07. The molecular weight excluding hydrogens is 356 g/mol. The van der Waals surface area contributed by atoms with Crippen LogP contribution in [0.1, 0.15) is 56.1 Å². The average molecular weight is 389 g/mol. The van der Waals surface area contributed by atoms with Crippen LogP contribution in [0.3, 0.4) is 0 Å². The van der Waals surface area contributed by atoms with E-state index in [0.717, 1.165) is 30.4 Å². The second-order valence-electron chi connectivity index (χ2n) is 8.16. The minimum absolute atomic E-state index is 0.0165. The van der Waals surface area contributed by atoms with Gasteiger partial charge in [-0.1, -0.05) is 30.2 Å². The van der Waals surface area contributed by atoms with Gasteiger partial charge in [-0.2, -0.15) is 0 Å². The molecule has 0 radical (unpaired) electrons. The Morgan fingerprint density at radius 1 is 1.22 bits per heavy atom. The standard InChI is InChI=1S/C23H33ClN2O/c1-17-7-8-22(24)21(16-17)20-9-12-25-23(18(20)2)27-15-5-4-6-19-10-13-26(3)14-11-19/h7-9,12,16,19,21-22H,4-6,10-11,13-15H2,1-3H3. The molecule has 3 nitrogen and oxygen atoms in total. The number of allylic oxidation sites excluding steroid dienone is 4. The molecule has 1 fully saturated rings. The van der Waals surface area contributed by atoms with E-state index in [2.05, 4.69) is 55.1 Å². The fraction of sp³-hybridized carbons (Fsp3) is 0.609. The number of nitrogens with zero attached hydrogens (tertiary/aromatic N) is 2. The summed E-state index contributed by atoms with van der Waals surface area (Å²) in [6.45, 7) is 7.46. The van der Waals surface area contributed by atoms with Crippen molar-refractivity contribution in [2.75, 3.05) is 26.7 Å². The van der Waals surface area contributed by atoms with Crippen molar-refractivity contribution >= 4 is 11.6 Å². The summed E-state index contributed by atoms with van der Waals surface area (Å²) < 4.78 is 6.04. The van der Waals surface area contributed by atoms with Crippen molar-refractivity contribution < 1.29 is 4.74 Å². The van der Waals surface area contributed by atoms with Gasteiger partial charge in [0.2, 0.25) is 5.88 Å². The van der Waals surface area contributed by atoms with E-state index >= 15 is 0 Å². The van der Waals surface area contributed by atoms with E-state index in [-0.39, 0.29) is 11.3 Å². The Labute approximate surface area is 169 Å². The Morgan fingerprint density at radius 2 is 2.00 bits per heavy atom. The predicted molar refractivity (Wildman–Crippen MR) is 114 cm³/mol. The maximum atomic E-state index is 6.54. The van der Waals surface area contributed by atoms with Gasteiger partial charge in [-0.3, -0.25) is 0 Å². The summed E-state index contributed by atoms with van der Waals surface area (Å²) in [4.78, 5) is 6.90. The number of hydrogen-bond donors (Lipinski definition) is 0. The van der Waals surface area contributed by atoms with Gasteiger partial charge in [0.1, 0.15) is 0 Å². The van der Waals surface area contributed by atoms with Crippen LogP contribution in [-0.4, -0.2) is 42.0 Å². The lowest BCUT2D eigenvalue weighted by Gasteiger charge is -2.28. The van der Waals surface area contributed by atoms with Gasteiger partial charge in [-0.25, -0.2) is 4.98 Å². The van der Waals surface area contributed by atoms with Gasteiger partial charge in [-0.15, -0.1) is 11.6 Å². The van der Waals surface area contributed by atoms with E-state index in [9.17, 15) is 0 Å². The fourth-order valence-corrected chi connectivity index (χ4v) is 4.43. The summed E-state index contributed by atoms with van der Waals surface area (Å²) in [5.74, 6) is 1.85. The minimum atomic E-state index is -0.0165. The summed E-state index contributed by atoms with van der Waals surface area (Å²) in [7, 11) is 2.22. The third kappa shape index (κ3) is 5.58. The highest BCUT2D eigenvalue weighted by Gasteiger charge is 2.23. The molecule has 2 aliphatic rings. The highest BCUT2D eigenvalue weighted by atomic mass is 35.5. The van der Waals surface area contributed by atoms with Crippen LogP contribution >= 0.6 is 11.6 Å². The van der Waals surface area contributed by atoms with Crippen LogP contribution in [0.25, 0.3) is 0 Å². The monoisotopic (exact) mass is 388 g/mol. The molecule has 4 heteroatoms. The van der Waals surface area contributed by atoms with Gasteiger partial charge >= 0.3 is 0 Å². The first-order chi connectivity index (χ1) is 13.0. The molecule has 148 valence electrons. The Bertz CT molecular complexity index is 677. The average Bonchev–Trinajstić information content (AvgIpc) is 2.66. The van der Waals surface area contributed by atoms with Crippen molar-refractivity contribution in [1.82, 2.24) is 9.88 Å². The lowest BCUT2D eigenvalue weighted by atomic mass is 9.88. The largest absolute Gasteiger partial charge is 0.477 e. The molecule has 0 N–H and O–H groups in total. The molecule has 0 aromatic carbocycles. The highest BCUT2D eigenvalue weighted by Crippen LogP contribution is 2.35. The molecule has 1 aromatic heterocycles. The molecule has 0 bridgehead atoms. The van der Waals surface area contributed by atoms with Crippen LogP contribution in [0.4, 0.5) is 0 Å². The van der Waals surface area contributed by atoms with E-state index in [1.807, 2.05) is 6.20 Å². The number of alkyl halides is 1. The number of piperidine rings is 1. The minimum Gasteiger partial charge on any atom is -0.477 e. The number of pyridine rings is 1. The first-order valence-electron chi connectivity index (χ1n) is 10.3. The summed E-state index contributed by atoms with van der Waals surface area (Å²) >= 11 is 6.54. The van der Waals surface area contributed by atoms with Crippen molar-refractivity contribution in [2.24, 2.45) is 5.92 Å². The fourth-order valence-electron chi connectivity index (χ4n) is 4.15. The number of unbranched alkanes of at least 4 members (excludes halogenated alkanes) is 1. The number of rotatable bonds is 7. The van der Waals surface area contributed by atoms with E-state index in [4.69, 9.17) is 16.3 Å². The van der Waals surface area contributed by atoms with Gasteiger partial charge in [0.25, 0.3) is 0 Å². The molecular formula is C23H33ClN2O. The molecule has 2 heterocycles. The van der Waals surface area contributed by atoms with E-state index < -0.39 is 0 Å². The molecule has 1 aliphatic carbocycles. The zero-order valence-corrected chi connectivity index (χ0v) is 17.7. The summed E-state index contributed by atoms with van der Waals surface area (Å²) in [6.07, 6.45) is 14.6. The van der Waals surface area contributed by atoms with Crippen LogP contribution in [0.5, 0.6) is 5.88 Å². The summed E-state index contributed by atoms with van der Waals surface area (Å²) in [5, 5.41) is -0.0165. The van der Waals surface area contributed by atoms with Gasteiger partial charge in [0, 0.05) is 17.7 Å². The van der Waals surface area contributed by atoms with Gasteiger partial charge < -0.3 is 9.64 Å². The maximum Gasteiger partial charge on any atom is 0.216 e. The third-order valence-corrected chi connectivity index (χ3v) is 6.39. The third-order valence-electron chi connectivity index (χ3n) is 5.97. The van der Waals surface area contributed by atoms with Crippen LogP contribution in [0.15, 0.2) is 36.1 Å². The molecule has 2 atom stereocenters. The van der Waals surface area contributed by atoms with E-state index in [1.165, 1.54) is 49.9 Å². The smallest absolute Gasteiger partial charge is 0.216 e. The van der Waals surface area contributed by atoms with Crippen molar-refractivity contribution in [1.29, 1.82) is 0 Å². The zero-order valence-electron chi connectivity index (χ0n) is 17.0. The molecule has 27 heavy (non-hydrogen) atoms. The maximum absolute atomic E-state index is 6.54. The van der Waals surface area contributed by atoms with Crippen molar-refractivity contribution in [3.8, 4) is 5.88 Å². The molecule has 1 aromatic rings. The molecule has 0 saturated carbocycles. The highest BCUT2D eigenvalue weighted by molar-refractivity contribution is 6.22. The van der Waals surface area contributed by atoms with Gasteiger partial charge in [0.15, 0.2) is 0 Å². The molecule has 1 aliphatic heterocycles. The molecule has 3 rings (SSSR count). The Balaban J connectivity index is 1.49. The number of ether oxygens (including phenoxy) is 1. The lowest BCUT2D eigenvalue weighted by Crippen LogP contribution is -2.30. The Morgan fingerprint density at radius 3 is 2.78 bits per heavy atom. The second-order valence-corrected chi connectivity index (χ2v) is 8.67. The van der Waals surface area contributed by atoms with E-state index in [0.29, 0.717) is 0 Å². The summed E-state index contributed by atoms with van der Waals surface area (Å²) in [5.41, 5.74) is 3.59. The number of hydrogen-bond acceptors (Lipinski definition) is 3. The number of aromatic nitrogens is 1. The Hall–Kier alpha value is -1.32. The van der Waals surface area contributed by atoms with Gasteiger partial charge in [-0.05, 0) is 77.2 Å². The Kier molecular flexibility index (Phi) is 7.37. The predicted octanol–water partition coefficient (Wildman–Crippen LogP) is 5.49. The zero-order chi connectivity index (χ0) is 19.2. The van der Waals surface area contributed by atoms with Crippen molar-refractivity contribution in [3.63, 3.8) is 0 Å². The molecule has 1 saturated heterocycles. The topological polar surface area (TPSA) is 25.4 Å². The van der Waals surface area contributed by atoms with Crippen molar-refractivity contribution in [2.45, 2.75) is 57.2 Å². The first kappa shape index (κ1) is 20.4.